The molecule has 2 unspecified atom stereocenters. The molecule has 0 aromatic rings. The molecule has 1 saturated heterocycles. The molecule has 1 fully saturated rings. The highest BCUT2D eigenvalue weighted by molar-refractivity contribution is 7.99. The number of carbonyl (C=O) groups excluding carboxylic acids is 1. The molecule has 0 bridgehead atoms. The summed E-state index contributed by atoms with van der Waals surface area (Å²) in [6.45, 7) is 8.23. The fourth-order valence-corrected chi connectivity index (χ4v) is 2.28. The molecule has 1 amide bonds. The van der Waals surface area contributed by atoms with E-state index in [1.54, 1.807) is 11.8 Å². The van der Waals surface area contributed by atoms with Crippen LogP contribution in [-0.2, 0) is 4.79 Å². The maximum Gasteiger partial charge on any atom is 0.237 e. The summed E-state index contributed by atoms with van der Waals surface area (Å²) in [7, 11) is 0. The average molecular weight is 258 g/mol. The predicted octanol–water partition coefficient (Wildman–Crippen LogP) is 2.02. The summed E-state index contributed by atoms with van der Waals surface area (Å²) in [6.07, 6.45) is 5.46. The normalized spacial score (nSPS) is 25.6. The lowest BCUT2D eigenvalue weighted by Crippen LogP contribution is -2.50. The molecule has 0 aromatic heterocycles. The molecule has 1 rings (SSSR count). The van der Waals surface area contributed by atoms with Crippen LogP contribution < -0.4 is 10.6 Å². The van der Waals surface area contributed by atoms with E-state index in [1.807, 2.05) is 0 Å². The van der Waals surface area contributed by atoms with Crippen molar-refractivity contribution in [3.63, 3.8) is 0 Å². The molecule has 0 spiro atoms. The van der Waals surface area contributed by atoms with Gasteiger partial charge in [-0.1, -0.05) is 13.3 Å². The summed E-state index contributed by atoms with van der Waals surface area (Å²) in [5.41, 5.74) is 0. The minimum absolute atomic E-state index is 0.0198. The molecule has 2 atom stereocenters. The van der Waals surface area contributed by atoms with Crippen LogP contribution in [-0.4, -0.2) is 36.0 Å². The zero-order valence-electron chi connectivity index (χ0n) is 11.5. The van der Waals surface area contributed by atoms with Crippen LogP contribution in [0.15, 0.2) is 0 Å². The van der Waals surface area contributed by atoms with Gasteiger partial charge in [-0.05, 0) is 45.4 Å². The molecule has 0 saturated carbocycles. The number of amides is 1. The molecule has 4 heteroatoms. The van der Waals surface area contributed by atoms with Crippen molar-refractivity contribution in [2.75, 3.05) is 19.3 Å². The summed E-state index contributed by atoms with van der Waals surface area (Å²) in [6, 6.07) is 0.0198. The predicted molar refractivity (Wildman–Crippen MR) is 75.4 cm³/mol. The number of piperidine rings is 1. The van der Waals surface area contributed by atoms with E-state index in [2.05, 4.69) is 37.7 Å². The molecule has 0 radical (unpaired) electrons. The first-order valence-electron chi connectivity index (χ1n) is 6.54. The minimum Gasteiger partial charge on any atom is -0.353 e. The van der Waals surface area contributed by atoms with Crippen LogP contribution in [0.2, 0.25) is 0 Å². The maximum absolute atomic E-state index is 12.0. The lowest BCUT2D eigenvalue weighted by molar-refractivity contribution is -0.124. The van der Waals surface area contributed by atoms with Gasteiger partial charge in [0.15, 0.2) is 0 Å². The number of rotatable bonds is 5. The zero-order valence-corrected chi connectivity index (χ0v) is 12.3. The second-order valence-electron chi connectivity index (χ2n) is 5.49. The molecule has 0 aromatic carbocycles. The number of thioether (sulfide) groups is 1. The molecule has 1 heterocycles. The van der Waals surface area contributed by atoms with E-state index in [9.17, 15) is 4.79 Å². The van der Waals surface area contributed by atoms with Gasteiger partial charge in [0.1, 0.15) is 0 Å². The number of carbonyl (C=O) groups is 1. The fourth-order valence-electron chi connectivity index (χ4n) is 2.06. The lowest BCUT2D eigenvalue weighted by atomic mass is 9.90. The van der Waals surface area contributed by atoms with E-state index in [0.29, 0.717) is 5.92 Å². The highest BCUT2D eigenvalue weighted by Crippen LogP contribution is 2.21. The van der Waals surface area contributed by atoms with Crippen LogP contribution in [0.25, 0.3) is 0 Å². The monoisotopic (exact) mass is 258 g/mol. The molecule has 2 N–H and O–H groups in total. The average Bonchev–Trinajstić information content (AvgIpc) is 2.36. The lowest BCUT2D eigenvalue weighted by Gasteiger charge is -2.30. The molecule has 17 heavy (non-hydrogen) atoms. The molecular weight excluding hydrogens is 232 g/mol. The number of hydrogen-bond acceptors (Lipinski definition) is 3. The smallest absolute Gasteiger partial charge is 0.237 e. The first kappa shape index (κ1) is 14.8. The van der Waals surface area contributed by atoms with Crippen LogP contribution in [0.4, 0.5) is 0 Å². The maximum atomic E-state index is 12.0. The Morgan fingerprint density at radius 2 is 2.24 bits per heavy atom. The van der Waals surface area contributed by atoms with Gasteiger partial charge in [0.25, 0.3) is 0 Å². The quantitative estimate of drug-likeness (QED) is 0.793. The van der Waals surface area contributed by atoms with Crippen molar-refractivity contribution in [1.82, 2.24) is 10.6 Å². The van der Waals surface area contributed by atoms with Gasteiger partial charge in [-0.2, -0.15) is 11.8 Å². The highest BCUT2D eigenvalue weighted by Gasteiger charge is 2.27. The van der Waals surface area contributed by atoms with E-state index < -0.39 is 0 Å². The van der Waals surface area contributed by atoms with E-state index in [0.717, 1.165) is 19.5 Å². The topological polar surface area (TPSA) is 41.1 Å². The molecule has 0 aliphatic carbocycles. The van der Waals surface area contributed by atoms with Gasteiger partial charge < -0.3 is 10.6 Å². The Balaban J connectivity index is 2.37. The Hall–Kier alpha value is -0.220. The Morgan fingerprint density at radius 1 is 1.53 bits per heavy atom. The number of nitrogens with one attached hydrogen (secondary N) is 2. The SMILES string of the molecule is CCC1CCNC(C(=O)NCC(C)(C)SC)C1. The van der Waals surface area contributed by atoms with Crippen molar-refractivity contribution in [1.29, 1.82) is 0 Å². The Kier molecular flexibility index (Phi) is 5.80. The van der Waals surface area contributed by atoms with Crippen LogP contribution in [0.1, 0.15) is 40.0 Å². The largest absolute Gasteiger partial charge is 0.353 e. The van der Waals surface area contributed by atoms with Crippen molar-refractivity contribution in [3.05, 3.63) is 0 Å². The minimum atomic E-state index is 0.0198. The van der Waals surface area contributed by atoms with Crippen LogP contribution in [0.3, 0.4) is 0 Å². The Morgan fingerprint density at radius 3 is 2.82 bits per heavy atom. The fraction of sp³-hybridized carbons (Fsp3) is 0.923. The zero-order chi connectivity index (χ0) is 12.9. The molecular formula is C13H26N2OS. The van der Waals surface area contributed by atoms with E-state index in [1.165, 1.54) is 12.8 Å². The van der Waals surface area contributed by atoms with Gasteiger partial charge in [0.2, 0.25) is 5.91 Å². The van der Waals surface area contributed by atoms with Crippen molar-refractivity contribution >= 4 is 17.7 Å². The van der Waals surface area contributed by atoms with Gasteiger partial charge in [0, 0.05) is 11.3 Å². The third-order valence-electron chi connectivity index (χ3n) is 3.65. The van der Waals surface area contributed by atoms with E-state index in [4.69, 9.17) is 0 Å². The third-order valence-corrected chi connectivity index (χ3v) is 4.90. The van der Waals surface area contributed by atoms with Crippen molar-refractivity contribution in [2.45, 2.75) is 50.8 Å². The second kappa shape index (κ2) is 6.64. The standard InChI is InChI=1S/C13H26N2OS/c1-5-10-6-7-14-11(8-10)12(16)15-9-13(2,3)17-4/h10-11,14H,5-9H2,1-4H3,(H,15,16). The van der Waals surface area contributed by atoms with Crippen molar-refractivity contribution in [2.24, 2.45) is 5.92 Å². The highest BCUT2D eigenvalue weighted by atomic mass is 32.2. The third kappa shape index (κ3) is 4.88. The molecule has 100 valence electrons. The van der Waals surface area contributed by atoms with E-state index >= 15 is 0 Å². The summed E-state index contributed by atoms with van der Waals surface area (Å²) in [4.78, 5) is 12.0. The molecule has 1 aliphatic rings. The van der Waals surface area contributed by atoms with Gasteiger partial charge in [-0.25, -0.2) is 0 Å². The van der Waals surface area contributed by atoms with Crippen molar-refractivity contribution < 1.29 is 4.79 Å². The number of hydrogen-bond donors (Lipinski definition) is 2. The van der Waals surface area contributed by atoms with Crippen molar-refractivity contribution in [3.8, 4) is 0 Å². The van der Waals surface area contributed by atoms with Gasteiger partial charge in [0.05, 0.1) is 6.04 Å². The summed E-state index contributed by atoms with van der Waals surface area (Å²) >= 11 is 1.79. The Labute approximate surface area is 109 Å². The summed E-state index contributed by atoms with van der Waals surface area (Å²) in [5, 5.41) is 6.38. The Bertz CT molecular complexity index is 256. The van der Waals surface area contributed by atoms with Gasteiger partial charge in [-0.3, -0.25) is 4.79 Å². The second-order valence-corrected chi connectivity index (χ2v) is 7.00. The first-order chi connectivity index (χ1) is 7.98. The van der Waals surface area contributed by atoms with Crippen LogP contribution >= 0.6 is 11.8 Å². The molecule has 1 aliphatic heterocycles. The van der Waals surface area contributed by atoms with Crippen LogP contribution in [0.5, 0.6) is 0 Å². The van der Waals surface area contributed by atoms with E-state index in [-0.39, 0.29) is 16.7 Å². The van der Waals surface area contributed by atoms with Gasteiger partial charge >= 0.3 is 0 Å². The van der Waals surface area contributed by atoms with Crippen LogP contribution in [0, 0.1) is 5.92 Å². The summed E-state index contributed by atoms with van der Waals surface area (Å²) < 4.78 is 0.120. The first-order valence-corrected chi connectivity index (χ1v) is 7.77. The summed E-state index contributed by atoms with van der Waals surface area (Å²) in [5.74, 6) is 0.880. The molecule has 3 nitrogen and oxygen atoms in total. The van der Waals surface area contributed by atoms with Gasteiger partial charge in [-0.15, -0.1) is 0 Å².